The molecule has 3 aromatic rings. The smallest absolute Gasteiger partial charge is 0.311 e. The van der Waals surface area contributed by atoms with Gasteiger partial charge in [-0.2, -0.15) is 20.1 Å². The number of aromatic hydroxyl groups is 1. The molecule has 2 heterocycles. The van der Waals surface area contributed by atoms with Crippen LogP contribution in [0.25, 0.3) is 0 Å². The molecule has 1 fully saturated rings. The number of benzene rings is 2. The van der Waals surface area contributed by atoms with E-state index in [1.165, 1.54) is 36.5 Å². The summed E-state index contributed by atoms with van der Waals surface area (Å²) in [6, 6.07) is 9.74. The van der Waals surface area contributed by atoms with E-state index in [1.807, 2.05) is 0 Å². The summed E-state index contributed by atoms with van der Waals surface area (Å²) in [6.45, 7) is 1.59. The number of phenols is 1. The Labute approximate surface area is 205 Å². The van der Waals surface area contributed by atoms with E-state index in [9.17, 15) is 25.3 Å². The van der Waals surface area contributed by atoms with E-state index in [2.05, 4.69) is 35.7 Å². The summed E-state index contributed by atoms with van der Waals surface area (Å²) in [6.07, 6.45) is 5.62. The molecular weight excluding hydrogens is 470 g/mol. The van der Waals surface area contributed by atoms with E-state index >= 15 is 0 Å². The van der Waals surface area contributed by atoms with Gasteiger partial charge >= 0.3 is 5.69 Å². The van der Waals surface area contributed by atoms with Gasteiger partial charge in [0, 0.05) is 42.5 Å². The number of aromatic nitrogens is 3. The lowest BCUT2D eigenvalue weighted by atomic mass is 10.2. The molecule has 3 N–H and O–H groups in total. The second kappa shape index (κ2) is 11.0. The Kier molecular flexibility index (Phi) is 7.43. The Balaban J connectivity index is 1.58. The monoisotopic (exact) mass is 493 g/mol. The molecule has 4 rings (SSSR count). The van der Waals surface area contributed by atoms with Crippen molar-refractivity contribution in [3.05, 3.63) is 68.3 Å². The van der Waals surface area contributed by atoms with Gasteiger partial charge in [-0.05, 0) is 37.1 Å². The Hall–Kier alpha value is -4.88. The molecule has 0 bridgehead atoms. The normalized spacial score (nSPS) is 13.8. The number of hydrazone groups is 1. The lowest BCUT2D eigenvalue weighted by Crippen LogP contribution is -2.26. The van der Waals surface area contributed by atoms with E-state index < -0.39 is 21.3 Å². The Morgan fingerprint density at radius 2 is 1.61 bits per heavy atom. The van der Waals surface area contributed by atoms with Crippen LogP contribution in [0.2, 0.25) is 0 Å². The van der Waals surface area contributed by atoms with E-state index in [1.54, 1.807) is 12.1 Å². The van der Waals surface area contributed by atoms with Crippen LogP contribution >= 0.6 is 0 Å². The van der Waals surface area contributed by atoms with Gasteiger partial charge in [-0.3, -0.25) is 20.2 Å². The molecule has 0 atom stereocenters. The summed E-state index contributed by atoms with van der Waals surface area (Å²) in [4.78, 5) is 36.2. The maximum atomic E-state index is 11.0. The third-order valence-electron chi connectivity index (χ3n) is 5.42. The molecule has 36 heavy (non-hydrogen) atoms. The van der Waals surface area contributed by atoms with Crippen molar-refractivity contribution in [1.29, 1.82) is 0 Å². The average Bonchev–Trinajstić information content (AvgIpc) is 3.15. The first-order valence-corrected chi connectivity index (χ1v) is 11.2. The zero-order valence-electron chi connectivity index (χ0n) is 19.1. The number of anilines is 4. The maximum absolute atomic E-state index is 11.0. The first-order valence-electron chi connectivity index (χ1n) is 11.2. The second-order valence-electron chi connectivity index (χ2n) is 7.99. The molecule has 0 spiro atoms. The maximum Gasteiger partial charge on any atom is 0.311 e. The highest BCUT2D eigenvalue weighted by Gasteiger charge is 2.16. The van der Waals surface area contributed by atoms with Crippen LogP contribution in [0.15, 0.2) is 47.6 Å². The number of rotatable bonds is 8. The molecule has 1 aromatic heterocycles. The van der Waals surface area contributed by atoms with Crippen LogP contribution in [0.4, 0.5) is 34.9 Å². The van der Waals surface area contributed by atoms with E-state index in [0.717, 1.165) is 38.8 Å². The Morgan fingerprint density at radius 1 is 0.917 bits per heavy atom. The lowest BCUT2D eigenvalue weighted by Gasteiger charge is -2.21. The lowest BCUT2D eigenvalue weighted by molar-refractivity contribution is -0.385. The highest BCUT2D eigenvalue weighted by Crippen LogP contribution is 2.26. The number of nitrogens with zero attached hydrogens (tertiary/aromatic N) is 7. The van der Waals surface area contributed by atoms with Gasteiger partial charge in [-0.1, -0.05) is 12.8 Å². The largest absolute Gasteiger partial charge is 0.502 e. The summed E-state index contributed by atoms with van der Waals surface area (Å²) in [5, 5.41) is 38.7. The van der Waals surface area contributed by atoms with Crippen molar-refractivity contribution in [1.82, 2.24) is 15.0 Å². The topological polar surface area (TPSA) is 185 Å². The minimum atomic E-state index is -0.685. The zero-order valence-corrected chi connectivity index (χ0v) is 19.1. The Morgan fingerprint density at radius 3 is 2.28 bits per heavy atom. The zero-order chi connectivity index (χ0) is 25.5. The molecule has 0 unspecified atom stereocenters. The fourth-order valence-electron chi connectivity index (χ4n) is 3.61. The number of nitrogens with one attached hydrogen (secondary N) is 2. The molecule has 0 radical (unpaired) electrons. The standard InChI is InChI=1S/C22H23N9O5/c32-19-10-5-15(13-18(19)31(35)36)14-23-28-21-25-20(24-16-6-8-17(9-7-16)30(33)34)26-22(27-21)29-11-3-1-2-4-12-29/h5-10,13-14,32H,1-4,11-12H2,(H2,24,25,26,27,28)/b23-14+. The van der Waals surface area contributed by atoms with Crippen molar-refractivity contribution in [2.45, 2.75) is 25.7 Å². The number of hydrogen-bond acceptors (Lipinski definition) is 12. The van der Waals surface area contributed by atoms with Crippen molar-refractivity contribution in [3.8, 4) is 5.75 Å². The number of nitro groups is 2. The average molecular weight is 493 g/mol. The number of hydrogen-bond donors (Lipinski definition) is 3. The molecule has 14 heteroatoms. The van der Waals surface area contributed by atoms with E-state index in [4.69, 9.17) is 0 Å². The van der Waals surface area contributed by atoms with E-state index in [0.29, 0.717) is 17.2 Å². The highest BCUT2D eigenvalue weighted by molar-refractivity contribution is 5.82. The van der Waals surface area contributed by atoms with Crippen LogP contribution < -0.4 is 15.6 Å². The van der Waals surface area contributed by atoms with Gasteiger partial charge < -0.3 is 15.3 Å². The highest BCUT2D eigenvalue weighted by atomic mass is 16.6. The van der Waals surface area contributed by atoms with E-state index in [-0.39, 0.29) is 17.6 Å². The van der Waals surface area contributed by atoms with Crippen molar-refractivity contribution < 1.29 is 15.0 Å². The molecule has 1 aliphatic rings. The summed E-state index contributed by atoms with van der Waals surface area (Å²) >= 11 is 0. The van der Waals surface area contributed by atoms with Crippen LogP contribution in [0.5, 0.6) is 5.75 Å². The number of phenolic OH excluding ortho intramolecular Hbond substituents is 1. The first kappa shape index (κ1) is 24.3. The van der Waals surface area contributed by atoms with Crippen molar-refractivity contribution in [2.75, 3.05) is 28.7 Å². The summed E-state index contributed by atoms with van der Waals surface area (Å²) in [5.74, 6) is 0.371. The van der Waals surface area contributed by atoms with Crippen molar-refractivity contribution >= 4 is 41.1 Å². The SMILES string of the molecule is O=[N+]([O-])c1ccc(Nc2nc(N/N=C/c3ccc(O)c([N+](=O)[O-])c3)nc(N3CCCCCC3)n2)cc1. The fourth-order valence-corrected chi connectivity index (χ4v) is 3.61. The summed E-state index contributed by atoms with van der Waals surface area (Å²) in [7, 11) is 0. The number of nitro benzene ring substituents is 2. The van der Waals surface area contributed by atoms with Gasteiger partial charge in [0.05, 0.1) is 16.1 Å². The molecule has 1 aliphatic heterocycles. The molecule has 1 saturated heterocycles. The van der Waals surface area contributed by atoms with Crippen LogP contribution in [0.1, 0.15) is 31.2 Å². The predicted octanol–water partition coefficient (Wildman–Crippen LogP) is 3.96. The fraction of sp³-hybridized carbons (Fsp3) is 0.273. The van der Waals surface area contributed by atoms with Crippen LogP contribution in [-0.4, -0.2) is 49.2 Å². The second-order valence-corrected chi connectivity index (χ2v) is 7.99. The minimum absolute atomic E-state index is 0.0346. The van der Waals surface area contributed by atoms with Gasteiger partial charge in [0.15, 0.2) is 5.75 Å². The van der Waals surface area contributed by atoms with Crippen molar-refractivity contribution in [3.63, 3.8) is 0 Å². The Bertz CT molecular complexity index is 1280. The van der Waals surface area contributed by atoms with Crippen LogP contribution in [0, 0.1) is 20.2 Å². The third kappa shape index (κ3) is 6.16. The predicted molar refractivity (Wildman–Crippen MR) is 133 cm³/mol. The van der Waals surface area contributed by atoms with Gasteiger partial charge in [0.2, 0.25) is 17.8 Å². The van der Waals surface area contributed by atoms with Crippen molar-refractivity contribution in [2.24, 2.45) is 5.10 Å². The molecule has 0 aliphatic carbocycles. The van der Waals surface area contributed by atoms with Gasteiger partial charge in [0.1, 0.15) is 0 Å². The van der Waals surface area contributed by atoms with Gasteiger partial charge in [-0.25, -0.2) is 5.43 Å². The van der Waals surface area contributed by atoms with Gasteiger partial charge in [0.25, 0.3) is 5.69 Å². The molecule has 2 aromatic carbocycles. The van der Waals surface area contributed by atoms with Crippen LogP contribution in [-0.2, 0) is 0 Å². The molecule has 186 valence electrons. The quantitative estimate of drug-likeness (QED) is 0.234. The van der Waals surface area contributed by atoms with Crippen LogP contribution in [0.3, 0.4) is 0 Å². The molecular formula is C22H23N9O5. The number of non-ortho nitro benzene ring substituents is 1. The summed E-state index contributed by atoms with van der Waals surface area (Å²) < 4.78 is 0. The minimum Gasteiger partial charge on any atom is -0.502 e. The third-order valence-corrected chi connectivity index (χ3v) is 5.42. The molecule has 0 amide bonds. The summed E-state index contributed by atoms with van der Waals surface area (Å²) in [5.41, 5.74) is 3.19. The van der Waals surface area contributed by atoms with Gasteiger partial charge in [-0.15, -0.1) is 0 Å². The molecule has 14 nitrogen and oxygen atoms in total. The molecule has 0 saturated carbocycles. The first-order chi connectivity index (χ1) is 17.4.